The summed E-state index contributed by atoms with van der Waals surface area (Å²) in [6, 6.07) is 69.2. The molecule has 0 fully saturated rings. The Balaban J connectivity index is 1.24. The van der Waals surface area contributed by atoms with Crippen LogP contribution < -0.4 is 4.90 Å². The number of para-hydroxylation sites is 1. The summed E-state index contributed by atoms with van der Waals surface area (Å²) in [4.78, 5) is 2.40. The Morgan fingerprint density at radius 2 is 0.771 bits per heavy atom. The highest BCUT2D eigenvalue weighted by molar-refractivity contribution is 6.00. The molecule has 224 valence electrons. The van der Waals surface area contributed by atoms with Gasteiger partial charge in [0.05, 0.1) is 5.41 Å². The molecule has 0 aromatic heterocycles. The Hall–Kier alpha value is -6.18. The Morgan fingerprint density at radius 3 is 1.46 bits per heavy atom. The van der Waals surface area contributed by atoms with E-state index in [9.17, 15) is 0 Å². The maximum absolute atomic E-state index is 2.47. The fourth-order valence-corrected chi connectivity index (χ4v) is 8.41. The molecule has 2 aliphatic rings. The molecule has 8 aromatic carbocycles. The van der Waals surface area contributed by atoms with Gasteiger partial charge in [-0.2, -0.15) is 0 Å². The van der Waals surface area contributed by atoms with E-state index in [-0.39, 0.29) is 0 Å². The van der Waals surface area contributed by atoms with Crippen LogP contribution in [0.5, 0.6) is 0 Å². The smallest absolute Gasteiger partial charge is 0.0726 e. The zero-order valence-corrected chi connectivity index (χ0v) is 26.3. The number of anilines is 3. The molecule has 0 bridgehead atoms. The lowest BCUT2D eigenvalue weighted by Gasteiger charge is -2.32. The number of hydrogen-bond donors (Lipinski definition) is 0. The summed E-state index contributed by atoms with van der Waals surface area (Å²) in [5, 5.41) is 2.54. The van der Waals surface area contributed by atoms with Crippen molar-refractivity contribution in [3.05, 3.63) is 210 Å². The lowest BCUT2D eigenvalue weighted by atomic mass is 9.70. The minimum atomic E-state index is -0.419. The zero-order valence-electron chi connectivity index (χ0n) is 26.3. The van der Waals surface area contributed by atoms with Crippen LogP contribution in [-0.2, 0) is 5.41 Å². The van der Waals surface area contributed by atoms with Crippen molar-refractivity contribution in [1.29, 1.82) is 0 Å². The third kappa shape index (κ3) is 3.79. The maximum atomic E-state index is 2.47. The molecule has 0 unspecified atom stereocenters. The van der Waals surface area contributed by atoms with Crippen molar-refractivity contribution in [2.24, 2.45) is 0 Å². The molecule has 0 atom stereocenters. The lowest BCUT2D eigenvalue weighted by Crippen LogP contribution is -2.26. The fraction of sp³-hybridized carbons (Fsp3) is 0.0213. The summed E-state index contributed by atoms with van der Waals surface area (Å²) < 4.78 is 0. The molecule has 1 nitrogen and oxygen atoms in total. The summed E-state index contributed by atoms with van der Waals surface area (Å²) in [5.74, 6) is 0. The number of rotatable bonds is 4. The average molecular weight is 610 g/mol. The first-order valence-electron chi connectivity index (χ1n) is 16.7. The van der Waals surface area contributed by atoms with Gasteiger partial charge < -0.3 is 4.90 Å². The molecule has 0 heterocycles. The molecule has 48 heavy (non-hydrogen) atoms. The van der Waals surface area contributed by atoms with E-state index in [0.29, 0.717) is 0 Å². The second-order valence-electron chi connectivity index (χ2n) is 12.9. The van der Waals surface area contributed by atoms with Crippen molar-refractivity contribution in [3.8, 4) is 33.4 Å². The summed E-state index contributed by atoms with van der Waals surface area (Å²) in [7, 11) is 0. The molecule has 0 N–H and O–H groups in total. The molecule has 0 amide bonds. The molecular weight excluding hydrogens is 579 g/mol. The van der Waals surface area contributed by atoms with Crippen LogP contribution >= 0.6 is 0 Å². The molecule has 2 aliphatic carbocycles. The second kappa shape index (κ2) is 10.4. The van der Waals surface area contributed by atoms with Crippen LogP contribution in [0.15, 0.2) is 188 Å². The van der Waals surface area contributed by atoms with Crippen molar-refractivity contribution in [2.75, 3.05) is 4.90 Å². The molecule has 0 saturated carbocycles. The van der Waals surface area contributed by atoms with E-state index < -0.39 is 5.41 Å². The van der Waals surface area contributed by atoms with Gasteiger partial charge in [0.2, 0.25) is 0 Å². The molecule has 0 saturated heterocycles. The van der Waals surface area contributed by atoms with Crippen LogP contribution in [0.1, 0.15) is 22.3 Å². The van der Waals surface area contributed by atoms with Crippen LogP contribution in [0.4, 0.5) is 17.1 Å². The zero-order chi connectivity index (χ0) is 31.7. The molecular formula is C47H31N. The Kier molecular flexibility index (Phi) is 5.86. The Morgan fingerprint density at radius 1 is 0.292 bits per heavy atom. The van der Waals surface area contributed by atoms with Gasteiger partial charge in [-0.3, -0.25) is 0 Å². The van der Waals surface area contributed by atoms with Gasteiger partial charge in [-0.25, -0.2) is 0 Å². The van der Waals surface area contributed by atoms with E-state index in [2.05, 4.69) is 193 Å². The quantitative estimate of drug-likeness (QED) is 0.192. The number of nitrogens with zero attached hydrogens (tertiary/aromatic N) is 1. The standard InChI is InChI=1S/C47H31N/c1-3-13-32(14-4-1)33-23-25-37(26-24-33)48(36-17-5-2-6-18-36)38-27-28-41-42-29-34-15-7-8-16-35(34)30-45(42)47(46(41)31-38)43-21-11-9-19-39(43)40-20-10-12-22-44(40)47/h1-31H. The van der Waals surface area contributed by atoms with Crippen molar-refractivity contribution in [3.63, 3.8) is 0 Å². The number of hydrogen-bond acceptors (Lipinski definition) is 1. The van der Waals surface area contributed by atoms with E-state index in [0.717, 1.165) is 17.1 Å². The topological polar surface area (TPSA) is 3.24 Å². The summed E-state index contributed by atoms with van der Waals surface area (Å²) >= 11 is 0. The van der Waals surface area contributed by atoms with Crippen molar-refractivity contribution >= 4 is 27.8 Å². The van der Waals surface area contributed by atoms with Crippen LogP contribution in [-0.4, -0.2) is 0 Å². The highest BCUT2D eigenvalue weighted by atomic mass is 15.1. The summed E-state index contributed by atoms with van der Waals surface area (Å²) in [5.41, 5.74) is 16.1. The maximum Gasteiger partial charge on any atom is 0.0726 e. The average Bonchev–Trinajstić information content (AvgIpc) is 3.62. The minimum absolute atomic E-state index is 0.419. The van der Waals surface area contributed by atoms with Gasteiger partial charge in [0.25, 0.3) is 0 Å². The lowest BCUT2D eigenvalue weighted by molar-refractivity contribution is 0.795. The Bertz CT molecular complexity index is 2450. The molecule has 10 rings (SSSR count). The van der Waals surface area contributed by atoms with Gasteiger partial charge >= 0.3 is 0 Å². The third-order valence-corrected chi connectivity index (χ3v) is 10.4. The van der Waals surface area contributed by atoms with Crippen molar-refractivity contribution in [2.45, 2.75) is 5.41 Å². The minimum Gasteiger partial charge on any atom is -0.310 e. The predicted octanol–water partition coefficient (Wildman–Crippen LogP) is 12.3. The SMILES string of the molecule is c1ccc(-c2ccc(N(c3ccccc3)c3ccc4c(c3)C3(c5ccccc5-c5ccccc53)c3cc5ccccc5cc3-4)cc2)cc1. The van der Waals surface area contributed by atoms with Crippen molar-refractivity contribution in [1.82, 2.24) is 0 Å². The van der Waals surface area contributed by atoms with E-state index in [4.69, 9.17) is 0 Å². The molecule has 1 heteroatoms. The van der Waals surface area contributed by atoms with Gasteiger partial charge in [0, 0.05) is 17.1 Å². The fourth-order valence-electron chi connectivity index (χ4n) is 8.41. The molecule has 8 aromatic rings. The van der Waals surface area contributed by atoms with Crippen molar-refractivity contribution < 1.29 is 0 Å². The van der Waals surface area contributed by atoms with E-state index in [1.807, 2.05) is 0 Å². The van der Waals surface area contributed by atoms with Gasteiger partial charge in [-0.05, 0) is 115 Å². The number of benzene rings is 8. The van der Waals surface area contributed by atoms with Crippen LogP contribution in [0, 0.1) is 0 Å². The first-order chi connectivity index (χ1) is 23.8. The van der Waals surface area contributed by atoms with Gasteiger partial charge in [-0.15, -0.1) is 0 Å². The monoisotopic (exact) mass is 609 g/mol. The molecule has 1 spiro atoms. The molecule has 0 radical (unpaired) electrons. The summed E-state index contributed by atoms with van der Waals surface area (Å²) in [6.07, 6.45) is 0. The van der Waals surface area contributed by atoms with E-state index >= 15 is 0 Å². The van der Waals surface area contributed by atoms with Crippen LogP contribution in [0.2, 0.25) is 0 Å². The first kappa shape index (κ1) is 27.0. The number of fused-ring (bicyclic) bond motifs is 11. The van der Waals surface area contributed by atoms with Crippen LogP contribution in [0.3, 0.4) is 0 Å². The predicted molar refractivity (Wildman–Crippen MR) is 200 cm³/mol. The van der Waals surface area contributed by atoms with Gasteiger partial charge in [0.15, 0.2) is 0 Å². The van der Waals surface area contributed by atoms with E-state index in [1.165, 1.54) is 66.4 Å². The van der Waals surface area contributed by atoms with Gasteiger partial charge in [-0.1, -0.05) is 140 Å². The second-order valence-corrected chi connectivity index (χ2v) is 12.9. The first-order valence-corrected chi connectivity index (χ1v) is 16.7. The van der Waals surface area contributed by atoms with E-state index in [1.54, 1.807) is 0 Å². The molecule has 0 aliphatic heterocycles. The highest BCUT2D eigenvalue weighted by Crippen LogP contribution is 2.63. The summed E-state index contributed by atoms with van der Waals surface area (Å²) in [6.45, 7) is 0. The van der Waals surface area contributed by atoms with Gasteiger partial charge in [0.1, 0.15) is 0 Å². The normalized spacial score (nSPS) is 13.2. The third-order valence-electron chi connectivity index (χ3n) is 10.4. The largest absolute Gasteiger partial charge is 0.310 e. The highest BCUT2D eigenvalue weighted by Gasteiger charge is 2.51. The van der Waals surface area contributed by atoms with Crippen LogP contribution in [0.25, 0.3) is 44.2 Å². The Labute approximate surface area is 281 Å².